The van der Waals surface area contributed by atoms with Crippen molar-refractivity contribution < 1.29 is 9.13 Å². The summed E-state index contributed by atoms with van der Waals surface area (Å²) in [7, 11) is 1.60. The first-order valence-corrected chi connectivity index (χ1v) is 6.56. The molecule has 1 heterocycles. The van der Waals surface area contributed by atoms with Crippen molar-refractivity contribution in [1.29, 1.82) is 0 Å². The van der Waals surface area contributed by atoms with Crippen molar-refractivity contribution in [2.24, 2.45) is 0 Å². The predicted molar refractivity (Wildman–Crippen MR) is 79.7 cm³/mol. The average Bonchev–Trinajstić information content (AvgIpc) is 2.74. The first-order valence-electron chi connectivity index (χ1n) is 6.15. The number of hydrogen-bond acceptors (Lipinski definition) is 2. The molecule has 5 heteroatoms. The molecule has 0 saturated heterocycles. The Morgan fingerprint density at radius 1 is 1.20 bits per heavy atom. The zero-order chi connectivity index (χ0) is 14.3. The minimum atomic E-state index is -0.294. The summed E-state index contributed by atoms with van der Waals surface area (Å²) < 4.78 is 21.5. The number of H-pyrrole nitrogens is 1. The van der Waals surface area contributed by atoms with Gasteiger partial charge in [0, 0.05) is 6.07 Å². The number of benzene rings is 2. The normalized spacial score (nSPS) is 10.9. The molecule has 0 amide bonds. The van der Waals surface area contributed by atoms with Crippen LogP contribution < -0.4 is 4.74 Å². The smallest absolute Gasteiger partial charge is 0.182 e. The molecule has 1 aromatic heterocycles. The second-order valence-electron chi connectivity index (χ2n) is 4.60. The molecule has 0 bridgehead atoms. The van der Waals surface area contributed by atoms with Crippen molar-refractivity contribution in [3.63, 3.8) is 0 Å². The van der Waals surface area contributed by atoms with Gasteiger partial charge >= 0.3 is 0 Å². The van der Waals surface area contributed by atoms with E-state index in [9.17, 15) is 4.39 Å². The molecule has 2 aromatic carbocycles. The number of nitrogens with one attached hydrogen (secondary N) is 1. The van der Waals surface area contributed by atoms with E-state index < -0.39 is 0 Å². The van der Waals surface area contributed by atoms with E-state index in [1.54, 1.807) is 17.7 Å². The molecule has 20 heavy (non-hydrogen) atoms. The van der Waals surface area contributed by atoms with Gasteiger partial charge in [0.2, 0.25) is 0 Å². The summed E-state index contributed by atoms with van der Waals surface area (Å²) in [5.74, 6) is 0.433. The van der Waals surface area contributed by atoms with Crippen LogP contribution in [-0.2, 0) is 0 Å². The molecule has 1 N–H and O–H groups in total. The van der Waals surface area contributed by atoms with Crippen LogP contribution >= 0.6 is 12.2 Å². The number of aromatic nitrogens is 2. The van der Waals surface area contributed by atoms with Crippen molar-refractivity contribution in [3.05, 3.63) is 52.5 Å². The highest BCUT2D eigenvalue weighted by Crippen LogP contribution is 2.25. The number of rotatable bonds is 2. The lowest BCUT2D eigenvalue weighted by atomic mass is 10.2. The van der Waals surface area contributed by atoms with Crippen LogP contribution in [-0.4, -0.2) is 16.7 Å². The zero-order valence-corrected chi connectivity index (χ0v) is 11.9. The molecule has 3 rings (SSSR count). The molecule has 3 nitrogen and oxygen atoms in total. The number of methoxy groups -OCH3 is 1. The fourth-order valence-corrected chi connectivity index (χ4v) is 2.56. The third kappa shape index (κ3) is 2.00. The highest BCUT2D eigenvalue weighted by molar-refractivity contribution is 7.71. The van der Waals surface area contributed by atoms with E-state index in [1.165, 1.54) is 6.07 Å². The fraction of sp³-hybridized carbons (Fsp3) is 0.133. The Hall–Kier alpha value is -2.14. The molecule has 0 atom stereocenters. The van der Waals surface area contributed by atoms with E-state index in [-0.39, 0.29) is 5.82 Å². The lowest BCUT2D eigenvalue weighted by Gasteiger charge is -2.07. The minimum absolute atomic E-state index is 0.294. The second kappa shape index (κ2) is 4.76. The Balaban J connectivity index is 2.31. The van der Waals surface area contributed by atoms with Gasteiger partial charge in [-0.15, -0.1) is 0 Å². The Kier molecular flexibility index (Phi) is 3.06. The summed E-state index contributed by atoms with van der Waals surface area (Å²) in [5.41, 5.74) is 2.95. The van der Waals surface area contributed by atoms with Gasteiger partial charge in [-0.25, -0.2) is 4.39 Å². The SMILES string of the molecule is COc1ccc2c(c1)[nH]c(=S)n2-c1ccc(C)cc1F. The molecule has 0 saturated carbocycles. The van der Waals surface area contributed by atoms with Crippen molar-refractivity contribution >= 4 is 23.3 Å². The average molecular weight is 288 g/mol. The number of ether oxygens (including phenoxy) is 1. The lowest BCUT2D eigenvalue weighted by molar-refractivity contribution is 0.415. The Labute approximate surface area is 120 Å². The Bertz CT molecular complexity index is 851. The van der Waals surface area contributed by atoms with Gasteiger partial charge in [0.1, 0.15) is 11.6 Å². The molecular weight excluding hydrogens is 275 g/mol. The minimum Gasteiger partial charge on any atom is -0.497 e. The summed E-state index contributed by atoms with van der Waals surface area (Å²) >= 11 is 5.31. The summed E-state index contributed by atoms with van der Waals surface area (Å²) in [6.07, 6.45) is 0. The topological polar surface area (TPSA) is 29.9 Å². The van der Waals surface area contributed by atoms with Crippen LogP contribution in [0.4, 0.5) is 4.39 Å². The van der Waals surface area contributed by atoms with Gasteiger partial charge in [0.05, 0.1) is 23.8 Å². The maximum atomic E-state index is 14.2. The van der Waals surface area contributed by atoms with Gasteiger partial charge in [-0.3, -0.25) is 4.57 Å². The van der Waals surface area contributed by atoms with E-state index in [1.807, 2.05) is 31.2 Å². The Morgan fingerprint density at radius 2 is 2.00 bits per heavy atom. The maximum Gasteiger partial charge on any atom is 0.182 e. The standard InChI is InChI=1S/C15H13FN2OS/c1-9-3-5-13(11(16)7-9)18-14-6-4-10(19-2)8-12(14)17-15(18)20/h3-8H,1-2H3,(H,17,20). The summed E-state index contributed by atoms with van der Waals surface area (Å²) in [6, 6.07) is 10.6. The van der Waals surface area contributed by atoms with Gasteiger partial charge in [0.15, 0.2) is 4.77 Å². The van der Waals surface area contributed by atoms with Crippen LogP contribution in [0.2, 0.25) is 0 Å². The Morgan fingerprint density at radius 3 is 2.70 bits per heavy atom. The molecule has 102 valence electrons. The van der Waals surface area contributed by atoms with E-state index >= 15 is 0 Å². The van der Waals surface area contributed by atoms with Crippen LogP contribution in [0, 0.1) is 17.5 Å². The third-order valence-corrected chi connectivity index (χ3v) is 3.52. The molecule has 0 radical (unpaired) electrons. The van der Waals surface area contributed by atoms with E-state index in [4.69, 9.17) is 17.0 Å². The van der Waals surface area contributed by atoms with Gasteiger partial charge in [-0.05, 0) is 49.0 Å². The zero-order valence-electron chi connectivity index (χ0n) is 11.1. The van der Waals surface area contributed by atoms with Gasteiger partial charge < -0.3 is 9.72 Å². The monoisotopic (exact) mass is 288 g/mol. The molecule has 0 aliphatic rings. The number of halogens is 1. The second-order valence-corrected chi connectivity index (χ2v) is 4.99. The third-order valence-electron chi connectivity index (χ3n) is 3.23. The van der Waals surface area contributed by atoms with E-state index in [2.05, 4.69) is 4.98 Å². The van der Waals surface area contributed by atoms with Crippen LogP contribution in [0.15, 0.2) is 36.4 Å². The molecule has 0 aliphatic carbocycles. The number of hydrogen-bond donors (Lipinski definition) is 1. The quantitative estimate of drug-likeness (QED) is 0.718. The van der Waals surface area contributed by atoms with Crippen molar-refractivity contribution in [2.45, 2.75) is 6.92 Å². The number of aromatic amines is 1. The first-order chi connectivity index (χ1) is 9.60. The van der Waals surface area contributed by atoms with Crippen molar-refractivity contribution in [2.75, 3.05) is 7.11 Å². The maximum absolute atomic E-state index is 14.2. The molecule has 3 aromatic rings. The van der Waals surface area contributed by atoms with Gasteiger partial charge in [-0.2, -0.15) is 0 Å². The number of imidazole rings is 1. The highest BCUT2D eigenvalue weighted by atomic mass is 32.1. The number of aryl methyl sites for hydroxylation is 1. The molecule has 0 spiro atoms. The van der Waals surface area contributed by atoms with Crippen LogP contribution in [0.5, 0.6) is 5.75 Å². The van der Waals surface area contributed by atoms with Crippen LogP contribution in [0.3, 0.4) is 0 Å². The van der Waals surface area contributed by atoms with E-state index in [0.29, 0.717) is 10.5 Å². The summed E-state index contributed by atoms with van der Waals surface area (Å²) in [6.45, 7) is 1.85. The van der Waals surface area contributed by atoms with Gasteiger partial charge in [0.25, 0.3) is 0 Å². The highest BCUT2D eigenvalue weighted by Gasteiger charge is 2.11. The number of nitrogens with zero attached hydrogens (tertiary/aromatic N) is 1. The fourth-order valence-electron chi connectivity index (χ4n) is 2.25. The molecule has 0 unspecified atom stereocenters. The van der Waals surface area contributed by atoms with Crippen molar-refractivity contribution in [3.8, 4) is 11.4 Å². The van der Waals surface area contributed by atoms with Crippen molar-refractivity contribution in [1.82, 2.24) is 9.55 Å². The molecular formula is C15H13FN2OS. The van der Waals surface area contributed by atoms with Crippen LogP contribution in [0.1, 0.15) is 5.56 Å². The van der Waals surface area contributed by atoms with Crippen LogP contribution in [0.25, 0.3) is 16.7 Å². The predicted octanol–water partition coefficient (Wildman–Crippen LogP) is 4.14. The first kappa shape index (κ1) is 12.9. The van der Waals surface area contributed by atoms with Gasteiger partial charge in [-0.1, -0.05) is 6.07 Å². The van der Waals surface area contributed by atoms with E-state index in [0.717, 1.165) is 22.3 Å². The molecule has 0 aliphatic heterocycles. The largest absolute Gasteiger partial charge is 0.497 e. The molecule has 0 fully saturated rings. The lowest BCUT2D eigenvalue weighted by Crippen LogP contribution is -1.98. The summed E-state index contributed by atoms with van der Waals surface area (Å²) in [5, 5.41) is 0. The summed E-state index contributed by atoms with van der Waals surface area (Å²) in [4.78, 5) is 3.07. The number of fused-ring (bicyclic) bond motifs is 1.